The van der Waals surface area contributed by atoms with E-state index < -0.39 is 0 Å². The van der Waals surface area contributed by atoms with E-state index in [1.54, 1.807) is 25.4 Å². The molecule has 0 aromatic heterocycles. The summed E-state index contributed by atoms with van der Waals surface area (Å²) in [4.78, 5) is 3.84. The molecule has 0 spiro atoms. The van der Waals surface area contributed by atoms with Crippen LogP contribution in [0.4, 0.5) is 0 Å². The second-order valence-electron chi connectivity index (χ2n) is 2.74. The van der Waals surface area contributed by atoms with Crippen LogP contribution in [0.3, 0.4) is 0 Å². The molecule has 0 aliphatic heterocycles. The summed E-state index contributed by atoms with van der Waals surface area (Å²) in [5.74, 6) is 0.275. The zero-order chi connectivity index (χ0) is 9.84. The van der Waals surface area contributed by atoms with Gasteiger partial charge in [-0.15, -0.1) is 0 Å². The highest BCUT2D eigenvalue weighted by Crippen LogP contribution is 2.26. The fraction of sp³-hybridized carbons (Fsp3) is 0.300. The van der Waals surface area contributed by atoms with Gasteiger partial charge in [-0.2, -0.15) is 0 Å². The number of rotatable bonds is 2. The molecule has 0 amide bonds. The van der Waals surface area contributed by atoms with Gasteiger partial charge >= 0.3 is 0 Å². The van der Waals surface area contributed by atoms with Crippen molar-refractivity contribution in [2.24, 2.45) is 4.99 Å². The number of aliphatic imine (C=N–C) groups is 1. The Morgan fingerprint density at radius 2 is 2.23 bits per heavy atom. The normalized spacial score (nSPS) is 11.0. The Morgan fingerprint density at radius 3 is 2.77 bits per heavy atom. The molecule has 1 rings (SSSR count). The molecule has 1 aromatic rings. The first-order valence-corrected chi connectivity index (χ1v) is 4.50. The van der Waals surface area contributed by atoms with Gasteiger partial charge in [0.1, 0.15) is 5.75 Å². The Balaban J connectivity index is 3.26. The second kappa shape index (κ2) is 4.28. The highest BCUT2D eigenvalue weighted by Gasteiger charge is 2.05. The summed E-state index contributed by atoms with van der Waals surface area (Å²) >= 11 is 5.86. The predicted octanol–water partition coefficient (Wildman–Crippen LogP) is 2.66. The summed E-state index contributed by atoms with van der Waals surface area (Å²) in [6, 6.07) is 3.47. The van der Waals surface area contributed by atoms with Crippen LogP contribution in [0.2, 0.25) is 5.02 Å². The van der Waals surface area contributed by atoms with Gasteiger partial charge in [-0.05, 0) is 24.1 Å². The average Bonchev–Trinajstić information content (AvgIpc) is 2.11. The molecule has 0 aliphatic carbocycles. The molecule has 3 heteroatoms. The summed E-state index contributed by atoms with van der Waals surface area (Å²) < 4.78 is 0. The SMILES string of the molecule is CCc1cc(Cl)cc(C=NC)c1O. The smallest absolute Gasteiger partial charge is 0.127 e. The Bertz CT molecular complexity index is 334. The average molecular weight is 198 g/mol. The maximum absolute atomic E-state index is 9.69. The van der Waals surface area contributed by atoms with Crippen LogP contribution in [0, 0.1) is 0 Å². The lowest BCUT2D eigenvalue weighted by Gasteiger charge is -2.05. The minimum atomic E-state index is 0.275. The maximum atomic E-state index is 9.69. The van der Waals surface area contributed by atoms with Crippen LogP contribution in [0.1, 0.15) is 18.1 Å². The van der Waals surface area contributed by atoms with Gasteiger partial charge in [0.05, 0.1) is 0 Å². The number of hydrogen-bond acceptors (Lipinski definition) is 2. The fourth-order valence-corrected chi connectivity index (χ4v) is 1.44. The summed E-state index contributed by atoms with van der Waals surface area (Å²) in [5.41, 5.74) is 1.52. The van der Waals surface area contributed by atoms with Crippen LogP contribution in [0.5, 0.6) is 5.75 Å². The van der Waals surface area contributed by atoms with E-state index in [1.807, 2.05) is 6.92 Å². The Hall–Kier alpha value is -1.02. The third-order valence-corrected chi connectivity index (χ3v) is 2.05. The van der Waals surface area contributed by atoms with E-state index >= 15 is 0 Å². The van der Waals surface area contributed by atoms with Crippen LogP contribution in [-0.4, -0.2) is 18.4 Å². The van der Waals surface area contributed by atoms with Crippen LogP contribution in [-0.2, 0) is 6.42 Å². The van der Waals surface area contributed by atoms with Crippen molar-refractivity contribution >= 4 is 17.8 Å². The number of benzene rings is 1. The van der Waals surface area contributed by atoms with Gasteiger partial charge in [-0.3, -0.25) is 4.99 Å². The first kappa shape index (κ1) is 10.1. The topological polar surface area (TPSA) is 32.6 Å². The van der Waals surface area contributed by atoms with Gasteiger partial charge in [0.25, 0.3) is 0 Å². The first-order chi connectivity index (χ1) is 6.19. The molecule has 70 valence electrons. The molecule has 1 N–H and O–H groups in total. The lowest BCUT2D eigenvalue weighted by Crippen LogP contribution is -1.89. The van der Waals surface area contributed by atoms with Crippen LogP contribution < -0.4 is 0 Å². The predicted molar refractivity (Wildman–Crippen MR) is 56.0 cm³/mol. The lowest BCUT2D eigenvalue weighted by atomic mass is 10.1. The molecular formula is C10H12ClNO. The molecule has 0 saturated carbocycles. The maximum Gasteiger partial charge on any atom is 0.127 e. The quantitative estimate of drug-likeness (QED) is 0.727. The van der Waals surface area contributed by atoms with E-state index in [9.17, 15) is 5.11 Å². The van der Waals surface area contributed by atoms with Crippen molar-refractivity contribution in [3.05, 3.63) is 28.3 Å². The lowest BCUT2D eigenvalue weighted by molar-refractivity contribution is 0.468. The first-order valence-electron chi connectivity index (χ1n) is 4.12. The number of halogens is 1. The number of aryl methyl sites for hydroxylation is 1. The molecule has 13 heavy (non-hydrogen) atoms. The molecule has 1 aromatic carbocycles. The molecule has 0 saturated heterocycles. The third-order valence-electron chi connectivity index (χ3n) is 1.83. The van der Waals surface area contributed by atoms with Crippen LogP contribution in [0.15, 0.2) is 17.1 Å². The number of phenols is 1. The standard InChI is InChI=1S/C10H12ClNO/c1-3-7-4-9(11)5-8(6-12-2)10(7)13/h4-6,13H,3H2,1-2H3. The molecular weight excluding hydrogens is 186 g/mol. The summed E-state index contributed by atoms with van der Waals surface area (Å²) in [6.45, 7) is 1.97. The van der Waals surface area contributed by atoms with E-state index in [0.717, 1.165) is 12.0 Å². The largest absolute Gasteiger partial charge is 0.507 e. The van der Waals surface area contributed by atoms with Gasteiger partial charge in [0, 0.05) is 23.8 Å². The third kappa shape index (κ3) is 2.22. The molecule has 0 atom stereocenters. The van der Waals surface area contributed by atoms with Crippen molar-refractivity contribution in [3.63, 3.8) is 0 Å². The highest BCUT2D eigenvalue weighted by atomic mass is 35.5. The van der Waals surface area contributed by atoms with Crippen molar-refractivity contribution in [2.45, 2.75) is 13.3 Å². The van der Waals surface area contributed by atoms with Gasteiger partial charge < -0.3 is 5.11 Å². The highest BCUT2D eigenvalue weighted by molar-refractivity contribution is 6.31. The van der Waals surface area contributed by atoms with Crippen LogP contribution >= 0.6 is 11.6 Å². The molecule has 0 unspecified atom stereocenters. The zero-order valence-corrected chi connectivity index (χ0v) is 8.47. The minimum Gasteiger partial charge on any atom is -0.507 e. The van der Waals surface area contributed by atoms with Crippen molar-refractivity contribution < 1.29 is 5.11 Å². The Kier molecular flexibility index (Phi) is 3.32. The van der Waals surface area contributed by atoms with Gasteiger partial charge in [-0.25, -0.2) is 0 Å². The van der Waals surface area contributed by atoms with Crippen LogP contribution in [0.25, 0.3) is 0 Å². The number of hydrogen-bond donors (Lipinski definition) is 1. The van der Waals surface area contributed by atoms with E-state index in [0.29, 0.717) is 10.6 Å². The summed E-state index contributed by atoms with van der Waals surface area (Å²) in [7, 11) is 1.66. The Morgan fingerprint density at radius 1 is 1.54 bits per heavy atom. The number of phenolic OH excluding ortho intramolecular Hbond substituents is 1. The number of aromatic hydroxyl groups is 1. The molecule has 0 aliphatic rings. The number of nitrogens with zero attached hydrogens (tertiary/aromatic N) is 1. The van der Waals surface area contributed by atoms with E-state index in [2.05, 4.69) is 4.99 Å². The van der Waals surface area contributed by atoms with E-state index in [4.69, 9.17) is 11.6 Å². The monoisotopic (exact) mass is 197 g/mol. The minimum absolute atomic E-state index is 0.275. The zero-order valence-electron chi connectivity index (χ0n) is 7.71. The Labute approximate surface area is 82.9 Å². The molecule has 0 fully saturated rings. The van der Waals surface area contributed by atoms with Gasteiger partial charge in [0.15, 0.2) is 0 Å². The van der Waals surface area contributed by atoms with Crippen molar-refractivity contribution in [2.75, 3.05) is 7.05 Å². The van der Waals surface area contributed by atoms with Gasteiger partial charge in [0.2, 0.25) is 0 Å². The second-order valence-corrected chi connectivity index (χ2v) is 3.18. The molecule has 0 bridgehead atoms. The molecule has 0 radical (unpaired) electrons. The van der Waals surface area contributed by atoms with Crippen molar-refractivity contribution in [1.82, 2.24) is 0 Å². The molecule has 2 nitrogen and oxygen atoms in total. The van der Waals surface area contributed by atoms with Crippen molar-refractivity contribution in [3.8, 4) is 5.75 Å². The summed E-state index contributed by atoms with van der Waals surface area (Å²) in [6.07, 6.45) is 2.36. The fourth-order valence-electron chi connectivity index (χ4n) is 1.19. The van der Waals surface area contributed by atoms with E-state index in [-0.39, 0.29) is 5.75 Å². The van der Waals surface area contributed by atoms with Gasteiger partial charge in [-0.1, -0.05) is 18.5 Å². The van der Waals surface area contributed by atoms with Crippen molar-refractivity contribution in [1.29, 1.82) is 0 Å². The summed E-state index contributed by atoms with van der Waals surface area (Å²) in [5, 5.41) is 10.3. The molecule has 0 heterocycles. The van der Waals surface area contributed by atoms with E-state index in [1.165, 1.54) is 0 Å².